The zero-order valence-corrected chi connectivity index (χ0v) is 13.8. The van der Waals surface area contributed by atoms with Crippen molar-refractivity contribution in [1.82, 2.24) is 10.2 Å². The fourth-order valence-corrected chi connectivity index (χ4v) is 3.71. The first-order valence-corrected chi connectivity index (χ1v) is 8.58. The number of nitrogens with zero attached hydrogens (tertiary/aromatic N) is 1. The maximum Gasteiger partial charge on any atom is 0.118 e. The zero-order chi connectivity index (χ0) is 16.6. The second-order valence-electron chi connectivity index (χ2n) is 6.42. The molecule has 0 aliphatic carbocycles. The lowest BCUT2D eigenvalue weighted by molar-refractivity contribution is 0.524. The van der Waals surface area contributed by atoms with Gasteiger partial charge in [0.1, 0.15) is 5.82 Å². The Bertz CT molecular complexity index is 1120. The van der Waals surface area contributed by atoms with Crippen LogP contribution in [-0.4, -0.2) is 4.90 Å². The van der Waals surface area contributed by atoms with E-state index < -0.39 is 0 Å². The molecule has 0 saturated heterocycles. The molecule has 0 unspecified atom stereocenters. The van der Waals surface area contributed by atoms with Crippen molar-refractivity contribution in [1.29, 1.82) is 0 Å². The van der Waals surface area contributed by atoms with Crippen molar-refractivity contribution in [2.24, 2.45) is 0 Å². The van der Waals surface area contributed by atoms with E-state index in [0.29, 0.717) is 0 Å². The second kappa shape index (κ2) is 5.67. The summed E-state index contributed by atoms with van der Waals surface area (Å²) < 4.78 is 0. The molecule has 2 nitrogen and oxygen atoms in total. The van der Waals surface area contributed by atoms with Crippen molar-refractivity contribution in [3.8, 4) is 0 Å². The van der Waals surface area contributed by atoms with E-state index in [1.165, 1.54) is 32.3 Å². The average Bonchev–Trinajstić information content (AvgIpc) is 3.11. The van der Waals surface area contributed by atoms with Crippen molar-refractivity contribution in [3.05, 3.63) is 102 Å². The van der Waals surface area contributed by atoms with Gasteiger partial charge in [-0.05, 0) is 27.1 Å². The SMILES string of the molecule is C1=CN(Cc2ccccc2)C(=c2ccc3cccc4cccc2c43)N1. The van der Waals surface area contributed by atoms with E-state index in [9.17, 15) is 0 Å². The molecule has 4 aromatic rings. The van der Waals surface area contributed by atoms with Crippen LogP contribution in [0.25, 0.3) is 27.4 Å². The van der Waals surface area contributed by atoms with Crippen molar-refractivity contribution in [3.63, 3.8) is 0 Å². The van der Waals surface area contributed by atoms with Gasteiger partial charge in [-0.3, -0.25) is 0 Å². The molecule has 1 aliphatic rings. The lowest BCUT2D eigenvalue weighted by Gasteiger charge is -2.19. The van der Waals surface area contributed by atoms with Crippen LogP contribution >= 0.6 is 0 Å². The summed E-state index contributed by atoms with van der Waals surface area (Å²) in [7, 11) is 0. The molecule has 0 bridgehead atoms. The van der Waals surface area contributed by atoms with Gasteiger partial charge in [0.05, 0.1) is 0 Å². The Labute approximate surface area is 146 Å². The van der Waals surface area contributed by atoms with Crippen LogP contribution in [0, 0.1) is 0 Å². The van der Waals surface area contributed by atoms with Gasteiger partial charge in [0.2, 0.25) is 0 Å². The van der Waals surface area contributed by atoms with Crippen molar-refractivity contribution in [2.45, 2.75) is 6.54 Å². The molecule has 2 heteroatoms. The Hall–Kier alpha value is -3.26. The van der Waals surface area contributed by atoms with Gasteiger partial charge in [-0.25, -0.2) is 0 Å². The number of hydrogen-bond acceptors (Lipinski definition) is 2. The highest BCUT2D eigenvalue weighted by Gasteiger charge is 2.14. The zero-order valence-electron chi connectivity index (χ0n) is 13.8. The molecule has 0 amide bonds. The molecular weight excluding hydrogens is 304 g/mol. The molecule has 0 saturated carbocycles. The molecule has 0 aromatic heterocycles. The lowest BCUT2D eigenvalue weighted by Crippen LogP contribution is -2.25. The van der Waals surface area contributed by atoms with Gasteiger partial charge in [-0.2, -0.15) is 0 Å². The maximum atomic E-state index is 3.44. The fourth-order valence-electron chi connectivity index (χ4n) is 3.71. The molecular formula is C23H18N2. The van der Waals surface area contributed by atoms with Crippen LogP contribution in [-0.2, 0) is 6.54 Å². The summed E-state index contributed by atoms with van der Waals surface area (Å²) in [6, 6.07) is 28.1. The van der Waals surface area contributed by atoms with Gasteiger partial charge in [-0.15, -0.1) is 0 Å². The molecule has 4 aromatic carbocycles. The summed E-state index contributed by atoms with van der Waals surface area (Å²) in [5.41, 5.74) is 1.30. The van der Waals surface area contributed by atoms with E-state index in [4.69, 9.17) is 0 Å². The monoisotopic (exact) mass is 322 g/mol. The largest absolute Gasteiger partial charge is 0.346 e. The van der Waals surface area contributed by atoms with Gasteiger partial charge in [-0.1, -0.05) is 78.9 Å². The highest BCUT2D eigenvalue weighted by Crippen LogP contribution is 2.25. The normalized spacial score (nSPS) is 15.9. The van der Waals surface area contributed by atoms with Crippen LogP contribution in [0.3, 0.4) is 0 Å². The predicted octanol–water partition coefficient (Wildman–Crippen LogP) is 4.35. The molecule has 1 N–H and O–H groups in total. The molecule has 0 atom stereocenters. The van der Waals surface area contributed by atoms with Gasteiger partial charge in [0.25, 0.3) is 0 Å². The molecule has 0 spiro atoms. The fraction of sp³-hybridized carbons (Fsp3) is 0.0435. The number of benzene rings is 4. The minimum Gasteiger partial charge on any atom is -0.346 e. The number of nitrogens with one attached hydrogen (secondary N) is 1. The molecule has 1 aliphatic heterocycles. The lowest BCUT2D eigenvalue weighted by atomic mass is 9.99. The Balaban J connectivity index is 1.72. The van der Waals surface area contributed by atoms with Crippen LogP contribution in [0.5, 0.6) is 0 Å². The van der Waals surface area contributed by atoms with E-state index in [0.717, 1.165) is 12.4 Å². The summed E-state index contributed by atoms with van der Waals surface area (Å²) in [6.07, 6.45) is 4.13. The van der Waals surface area contributed by atoms with E-state index in [1.54, 1.807) is 0 Å². The van der Waals surface area contributed by atoms with Crippen molar-refractivity contribution in [2.75, 3.05) is 0 Å². The second-order valence-corrected chi connectivity index (χ2v) is 6.42. The first kappa shape index (κ1) is 14.1. The van der Waals surface area contributed by atoms with Gasteiger partial charge < -0.3 is 10.2 Å². The summed E-state index contributed by atoms with van der Waals surface area (Å²) >= 11 is 0. The van der Waals surface area contributed by atoms with Crippen molar-refractivity contribution < 1.29 is 0 Å². The average molecular weight is 322 g/mol. The van der Waals surface area contributed by atoms with E-state index in [1.807, 2.05) is 6.20 Å². The first-order chi connectivity index (χ1) is 12.4. The van der Waals surface area contributed by atoms with Crippen LogP contribution < -0.4 is 10.5 Å². The van der Waals surface area contributed by atoms with E-state index >= 15 is 0 Å². The van der Waals surface area contributed by atoms with E-state index in [-0.39, 0.29) is 0 Å². The van der Waals surface area contributed by atoms with Crippen LogP contribution in [0.15, 0.2) is 91.3 Å². The minimum atomic E-state index is 0.856. The molecule has 25 heavy (non-hydrogen) atoms. The van der Waals surface area contributed by atoms with Gasteiger partial charge in [0, 0.05) is 24.2 Å². The number of hydrogen-bond donors (Lipinski definition) is 1. The molecule has 0 radical (unpaired) electrons. The van der Waals surface area contributed by atoms with Gasteiger partial charge >= 0.3 is 0 Å². The molecule has 0 fully saturated rings. The summed E-state index contributed by atoms with van der Waals surface area (Å²) in [5.74, 6) is 1.14. The highest BCUT2D eigenvalue weighted by molar-refractivity contribution is 6.10. The Morgan fingerprint density at radius 2 is 1.48 bits per heavy atom. The Morgan fingerprint density at radius 1 is 0.720 bits per heavy atom. The van der Waals surface area contributed by atoms with E-state index in [2.05, 4.69) is 95.3 Å². The summed E-state index contributed by atoms with van der Waals surface area (Å²) in [5, 5.41) is 9.89. The maximum absolute atomic E-state index is 3.44. The minimum absolute atomic E-state index is 0.856. The first-order valence-electron chi connectivity index (χ1n) is 8.58. The summed E-state index contributed by atoms with van der Waals surface area (Å²) in [4.78, 5) is 2.28. The quantitative estimate of drug-likeness (QED) is 0.590. The van der Waals surface area contributed by atoms with Crippen molar-refractivity contribution >= 4 is 27.4 Å². The Kier molecular flexibility index (Phi) is 3.20. The molecule has 5 rings (SSSR count). The standard InChI is InChI=1S/C23H18N2/c1-2-6-17(7-3-1)16-25-15-14-24-23(25)21-13-12-19-9-4-8-18-10-5-11-20(21)22(18)19/h1-15,24H,16H2. The highest BCUT2D eigenvalue weighted by atomic mass is 15.3. The smallest absolute Gasteiger partial charge is 0.118 e. The Morgan fingerprint density at radius 3 is 2.32 bits per heavy atom. The third kappa shape index (κ3) is 2.34. The molecule has 1 heterocycles. The van der Waals surface area contributed by atoms with Crippen LogP contribution in [0.1, 0.15) is 5.56 Å². The van der Waals surface area contributed by atoms with Crippen LogP contribution in [0.2, 0.25) is 0 Å². The van der Waals surface area contributed by atoms with Gasteiger partial charge in [0.15, 0.2) is 0 Å². The summed E-state index contributed by atoms with van der Waals surface area (Å²) in [6.45, 7) is 0.856. The predicted molar refractivity (Wildman–Crippen MR) is 104 cm³/mol. The molecule has 120 valence electrons. The topological polar surface area (TPSA) is 15.3 Å². The number of rotatable bonds is 2. The third-order valence-corrected chi connectivity index (χ3v) is 4.87. The van der Waals surface area contributed by atoms with Crippen LogP contribution in [0.4, 0.5) is 0 Å². The third-order valence-electron chi connectivity index (χ3n) is 4.87.